The van der Waals surface area contributed by atoms with Gasteiger partial charge in [-0.1, -0.05) is 41.9 Å². The molecule has 1 nitrogen and oxygen atoms in total. The van der Waals surface area contributed by atoms with Crippen molar-refractivity contribution in [2.24, 2.45) is 0 Å². The molecule has 0 N–H and O–H groups in total. The van der Waals surface area contributed by atoms with Gasteiger partial charge in [0.1, 0.15) is 6.10 Å². The molecule has 5 heteroatoms. The molecule has 1 aliphatic rings. The SMILES string of the molecule is CC1(C)Cc2c(ccc3ccc(Cl)cc23)C(c2ccc(C(F)(F)F)cc2)O1. The maximum Gasteiger partial charge on any atom is 0.416 e. The van der Waals surface area contributed by atoms with Crippen LogP contribution in [0.2, 0.25) is 5.02 Å². The lowest BCUT2D eigenvalue weighted by Gasteiger charge is -2.38. The molecule has 3 aromatic rings. The molecule has 27 heavy (non-hydrogen) atoms. The molecule has 1 unspecified atom stereocenters. The lowest BCUT2D eigenvalue weighted by Crippen LogP contribution is -2.35. The van der Waals surface area contributed by atoms with Crippen LogP contribution in [-0.4, -0.2) is 5.60 Å². The predicted molar refractivity (Wildman–Crippen MR) is 101 cm³/mol. The van der Waals surface area contributed by atoms with Crippen LogP contribution < -0.4 is 0 Å². The number of halogens is 4. The first-order chi connectivity index (χ1) is 12.6. The number of hydrogen-bond donors (Lipinski definition) is 0. The van der Waals surface area contributed by atoms with Crippen molar-refractivity contribution in [1.82, 2.24) is 0 Å². The molecule has 1 heterocycles. The van der Waals surface area contributed by atoms with Gasteiger partial charge in [-0.3, -0.25) is 0 Å². The summed E-state index contributed by atoms with van der Waals surface area (Å²) < 4.78 is 45.0. The van der Waals surface area contributed by atoms with Crippen LogP contribution in [0.3, 0.4) is 0 Å². The van der Waals surface area contributed by atoms with Crippen molar-refractivity contribution in [3.63, 3.8) is 0 Å². The van der Waals surface area contributed by atoms with Gasteiger partial charge >= 0.3 is 6.18 Å². The van der Waals surface area contributed by atoms with E-state index < -0.39 is 23.4 Å². The van der Waals surface area contributed by atoms with E-state index in [0.29, 0.717) is 17.0 Å². The second kappa shape index (κ2) is 6.25. The number of hydrogen-bond acceptors (Lipinski definition) is 1. The summed E-state index contributed by atoms with van der Waals surface area (Å²) in [6, 6.07) is 15.0. The zero-order valence-corrected chi connectivity index (χ0v) is 15.7. The van der Waals surface area contributed by atoms with E-state index in [4.69, 9.17) is 16.3 Å². The van der Waals surface area contributed by atoms with E-state index >= 15 is 0 Å². The molecule has 0 radical (unpaired) electrons. The van der Waals surface area contributed by atoms with Crippen molar-refractivity contribution in [1.29, 1.82) is 0 Å². The minimum atomic E-state index is -4.35. The summed E-state index contributed by atoms with van der Waals surface area (Å²) in [5, 5.41) is 2.81. The third-order valence-corrected chi connectivity index (χ3v) is 5.23. The van der Waals surface area contributed by atoms with Crippen LogP contribution in [0.4, 0.5) is 13.2 Å². The van der Waals surface area contributed by atoms with Crippen LogP contribution in [0, 0.1) is 0 Å². The molecule has 3 aromatic carbocycles. The number of alkyl halides is 3. The summed E-state index contributed by atoms with van der Waals surface area (Å²) >= 11 is 6.21. The highest BCUT2D eigenvalue weighted by molar-refractivity contribution is 6.31. The minimum Gasteiger partial charge on any atom is -0.363 e. The molecule has 0 fully saturated rings. The Hall–Kier alpha value is -2.04. The van der Waals surface area contributed by atoms with Gasteiger partial charge in [-0.25, -0.2) is 0 Å². The Morgan fingerprint density at radius 3 is 2.33 bits per heavy atom. The zero-order valence-electron chi connectivity index (χ0n) is 14.9. The maximum absolute atomic E-state index is 12.9. The standard InChI is InChI=1S/C22H18ClF3O/c1-21(2)12-19-17(10-6-13-5-9-16(23)11-18(13)19)20(27-21)14-3-7-15(8-4-14)22(24,25)26/h3-11,20H,12H2,1-2H3. The summed E-state index contributed by atoms with van der Waals surface area (Å²) in [4.78, 5) is 0. The smallest absolute Gasteiger partial charge is 0.363 e. The minimum absolute atomic E-state index is 0.422. The van der Waals surface area contributed by atoms with Crippen LogP contribution in [-0.2, 0) is 17.3 Å². The quantitative estimate of drug-likeness (QED) is 0.436. The molecule has 0 saturated heterocycles. The Morgan fingerprint density at radius 1 is 1.00 bits per heavy atom. The zero-order chi connectivity index (χ0) is 19.4. The molecule has 0 spiro atoms. The number of ether oxygens (including phenoxy) is 1. The van der Waals surface area contributed by atoms with Gasteiger partial charge in [0.05, 0.1) is 11.2 Å². The van der Waals surface area contributed by atoms with Crippen molar-refractivity contribution in [2.45, 2.75) is 38.1 Å². The van der Waals surface area contributed by atoms with Crippen LogP contribution in [0.5, 0.6) is 0 Å². The normalized spacial score (nSPS) is 19.1. The van der Waals surface area contributed by atoms with Crippen molar-refractivity contribution < 1.29 is 17.9 Å². The fourth-order valence-electron chi connectivity index (χ4n) is 3.76. The van der Waals surface area contributed by atoms with E-state index in [2.05, 4.69) is 0 Å². The van der Waals surface area contributed by atoms with E-state index in [1.54, 1.807) is 0 Å². The summed E-state index contributed by atoms with van der Waals surface area (Å²) in [7, 11) is 0. The van der Waals surface area contributed by atoms with E-state index in [9.17, 15) is 13.2 Å². The number of fused-ring (bicyclic) bond motifs is 3. The molecule has 0 bridgehead atoms. The fourth-order valence-corrected chi connectivity index (χ4v) is 3.93. The van der Waals surface area contributed by atoms with Gasteiger partial charge < -0.3 is 4.74 Å². The Bertz CT molecular complexity index is 1010. The van der Waals surface area contributed by atoms with E-state index in [-0.39, 0.29) is 0 Å². The van der Waals surface area contributed by atoms with Crippen LogP contribution in [0.25, 0.3) is 10.8 Å². The van der Waals surface area contributed by atoms with Gasteiger partial charge in [0.15, 0.2) is 0 Å². The summed E-state index contributed by atoms with van der Waals surface area (Å²) in [5.74, 6) is 0. The Balaban J connectivity index is 1.86. The van der Waals surface area contributed by atoms with Gasteiger partial charge in [-0.2, -0.15) is 13.2 Å². The molecule has 0 aromatic heterocycles. The monoisotopic (exact) mass is 390 g/mol. The van der Waals surface area contributed by atoms with Crippen molar-refractivity contribution in [3.8, 4) is 0 Å². The molecule has 140 valence electrons. The molecular weight excluding hydrogens is 373 g/mol. The number of benzene rings is 3. The van der Waals surface area contributed by atoms with Gasteiger partial charge in [0.2, 0.25) is 0 Å². The summed E-state index contributed by atoms with van der Waals surface area (Å²) in [5.41, 5.74) is 1.71. The number of rotatable bonds is 1. The third-order valence-electron chi connectivity index (χ3n) is 4.99. The highest BCUT2D eigenvalue weighted by Gasteiger charge is 2.35. The molecule has 1 aliphatic heterocycles. The lowest BCUT2D eigenvalue weighted by molar-refractivity contribution is -0.137. The van der Waals surface area contributed by atoms with Gasteiger partial charge in [0, 0.05) is 11.4 Å². The van der Waals surface area contributed by atoms with E-state index in [1.165, 1.54) is 12.1 Å². The molecule has 4 rings (SSSR count). The summed E-state index contributed by atoms with van der Waals surface area (Å²) in [6.45, 7) is 3.99. The first-order valence-corrected chi connectivity index (χ1v) is 9.08. The van der Waals surface area contributed by atoms with Crippen LogP contribution in [0.1, 0.15) is 42.2 Å². The summed E-state index contributed by atoms with van der Waals surface area (Å²) in [6.07, 6.45) is -4.07. The molecular formula is C22H18ClF3O. The van der Waals surface area contributed by atoms with Crippen LogP contribution in [0.15, 0.2) is 54.6 Å². The highest BCUT2D eigenvalue weighted by Crippen LogP contribution is 2.43. The lowest BCUT2D eigenvalue weighted by atomic mass is 9.83. The largest absolute Gasteiger partial charge is 0.416 e. The first kappa shape index (κ1) is 18.3. The Labute approximate surface area is 160 Å². The van der Waals surface area contributed by atoms with Crippen LogP contribution >= 0.6 is 11.6 Å². The van der Waals surface area contributed by atoms with Gasteiger partial charge in [-0.05, 0) is 65.6 Å². The van der Waals surface area contributed by atoms with Gasteiger partial charge in [-0.15, -0.1) is 0 Å². The van der Waals surface area contributed by atoms with Gasteiger partial charge in [0.25, 0.3) is 0 Å². The molecule has 1 atom stereocenters. The Morgan fingerprint density at radius 2 is 1.67 bits per heavy atom. The fraction of sp³-hybridized carbons (Fsp3) is 0.273. The molecule has 0 amide bonds. The van der Waals surface area contributed by atoms with Crippen molar-refractivity contribution in [2.75, 3.05) is 0 Å². The average Bonchev–Trinajstić information content (AvgIpc) is 2.60. The topological polar surface area (TPSA) is 9.23 Å². The molecule has 0 saturated carbocycles. The highest BCUT2D eigenvalue weighted by atomic mass is 35.5. The van der Waals surface area contributed by atoms with E-state index in [0.717, 1.165) is 34.0 Å². The maximum atomic E-state index is 12.9. The second-order valence-electron chi connectivity index (χ2n) is 7.55. The average molecular weight is 391 g/mol. The first-order valence-electron chi connectivity index (χ1n) is 8.70. The molecule has 0 aliphatic carbocycles. The third kappa shape index (κ3) is 3.44. The predicted octanol–water partition coefficient (Wildman–Crippen LogP) is 6.95. The van der Waals surface area contributed by atoms with Crippen molar-refractivity contribution in [3.05, 3.63) is 81.9 Å². The second-order valence-corrected chi connectivity index (χ2v) is 7.99. The van der Waals surface area contributed by atoms with Crippen molar-refractivity contribution >= 4 is 22.4 Å². The van der Waals surface area contributed by atoms with E-state index in [1.807, 2.05) is 44.2 Å². The Kier molecular flexibility index (Phi) is 4.24.